The van der Waals surface area contributed by atoms with Gasteiger partial charge >= 0.3 is 17.4 Å². The van der Waals surface area contributed by atoms with E-state index in [4.69, 9.17) is 0 Å². The van der Waals surface area contributed by atoms with Gasteiger partial charge in [-0.05, 0) is 0 Å². The fourth-order valence-corrected chi connectivity index (χ4v) is 1.29. The molecule has 0 aliphatic heterocycles. The molecule has 0 aliphatic carbocycles. The minimum atomic E-state index is 0. The second-order valence-electron chi connectivity index (χ2n) is 3.47. The Balaban J connectivity index is 0.000000284. The molecule has 0 bridgehead atoms. The predicted molar refractivity (Wildman–Crippen MR) is 71.0 cm³/mol. The van der Waals surface area contributed by atoms with Crippen molar-refractivity contribution in [3.63, 3.8) is 0 Å². The average molecular weight is 262 g/mol. The van der Waals surface area contributed by atoms with Gasteiger partial charge in [0.25, 0.3) is 0 Å². The summed E-state index contributed by atoms with van der Waals surface area (Å²) in [4.78, 5) is 0. The van der Waals surface area contributed by atoms with Crippen molar-refractivity contribution in [2.24, 2.45) is 0 Å². The van der Waals surface area contributed by atoms with Gasteiger partial charge in [-0.2, -0.15) is 12.8 Å². The molecule has 0 unspecified atom stereocenters. The topological polar surface area (TPSA) is 0 Å². The molecule has 0 N–H and O–H groups in total. The van der Waals surface area contributed by atoms with Crippen LogP contribution in [-0.4, -0.2) is 0 Å². The van der Waals surface area contributed by atoms with Crippen LogP contribution >= 0.6 is 0 Å². The maximum atomic E-state index is 3.76. The van der Waals surface area contributed by atoms with Gasteiger partial charge < -0.3 is 13.8 Å². The number of rotatable bonds is 2. The minimum absolute atomic E-state index is 0. The summed E-state index contributed by atoms with van der Waals surface area (Å²) in [5, 5.41) is 0. The summed E-state index contributed by atoms with van der Waals surface area (Å²) in [6.45, 7) is 7.51. The largest absolute Gasteiger partial charge is 2.00 e. The zero-order valence-electron chi connectivity index (χ0n) is 10.0. The van der Waals surface area contributed by atoms with Crippen molar-refractivity contribution in [1.29, 1.82) is 0 Å². The molecule has 0 radical (unpaired) electrons. The van der Waals surface area contributed by atoms with E-state index in [1.54, 1.807) is 0 Å². The Kier molecular flexibility index (Phi) is 9.53. The molecular weight excluding hydrogens is 244 g/mol. The van der Waals surface area contributed by atoms with Crippen molar-refractivity contribution in [2.45, 2.75) is 12.8 Å². The summed E-state index contributed by atoms with van der Waals surface area (Å²) in [7, 11) is 0. The summed E-state index contributed by atoms with van der Waals surface area (Å²) in [5.41, 5.74) is 2.60. The minimum Gasteiger partial charge on any atom is -0.339 e. The molecule has 0 atom stereocenters. The molecule has 1 heteroatoms. The van der Waals surface area contributed by atoms with Gasteiger partial charge in [0.15, 0.2) is 0 Å². The van der Waals surface area contributed by atoms with Crippen molar-refractivity contribution in [1.82, 2.24) is 0 Å². The molecule has 0 aliphatic rings. The van der Waals surface area contributed by atoms with Crippen molar-refractivity contribution in [3.8, 4) is 0 Å². The van der Waals surface area contributed by atoms with E-state index in [0.29, 0.717) is 0 Å². The van der Waals surface area contributed by atoms with Crippen LogP contribution < -0.4 is 0 Å². The molecule has 0 heterocycles. The van der Waals surface area contributed by atoms with Crippen LogP contribution in [0.15, 0.2) is 60.7 Å². The molecule has 17 heavy (non-hydrogen) atoms. The summed E-state index contributed by atoms with van der Waals surface area (Å²) in [6, 6.07) is 20.4. The molecule has 2 rings (SSSR count). The summed E-state index contributed by atoms with van der Waals surface area (Å²) in [6.07, 6.45) is 1.78. The van der Waals surface area contributed by atoms with Gasteiger partial charge in [0.1, 0.15) is 0 Å². The van der Waals surface area contributed by atoms with Crippen LogP contribution in [-0.2, 0) is 30.2 Å². The Morgan fingerprint density at radius 2 is 0.882 bits per heavy atom. The maximum absolute atomic E-state index is 3.76. The van der Waals surface area contributed by atoms with E-state index in [-0.39, 0.29) is 17.4 Å². The molecule has 0 fully saturated rings. The Labute approximate surface area is 116 Å². The number of hydrogen-bond acceptors (Lipinski definition) is 0. The van der Waals surface area contributed by atoms with E-state index >= 15 is 0 Å². The number of hydrogen-bond donors (Lipinski definition) is 0. The van der Waals surface area contributed by atoms with Crippen LogP contribution in [0.25, 0.3) is 0 Å². The van der Waals surface area contributed by atoms with Gasteiger partial charge in [-0.1, -0.05) is 71.8 Å². The van der Waals surface area contributed by atoms with Crippen molar-refractivity contribution < 1.29 is 17.4 Å². The van der Waals surface area contributed by atoms with Crippen molar-refractivity contribution in [3.05, 3.63) is 85.6 Å². The van der Waals surface area contributed by atoms with Crippen LogP contribution in [0.1, 0.15) is 11.1 Å². The Bertz CT molecular complexity index is 328. The third-order valence-electron chi connectivity index (χ3n) is 2.26. The Hall–Kier alpha value is -1.03. The van der Waals surface area contributed by atoms with E-state index < -0.39 is 0 Å². The average Bonchev–Trinajstić information content (AvgIpc) is 2.41. The molecule has 0 spiro atoms. The fraction of sp³-hybridized carbons (Fsp3) is 0.125. The molecule has 2 aromatic carbocycles. The van der Waals surface area contributed by atoms with E-state index in [1.165, 1.54) is 11.1 Å². The van der Waals surface area contributed by atoms with E-state index in [1.807, 2.05) is 36.4 Å². The van der Waals surface area contributed by atoms with E-state index in [0.717, 1.165) is 12.8 Å². The normalized spacial score (nSPS) is 8.59. The fourth-order valence-electron chi connectivity index (χ4n) is 1.29. The quantitative estimate of drug-likeness (QED) is 0.714. The SMILES string of the molecule is [CH2-]Cc1ccccc1.[CH2-]Cc1ccccc1.[Cr+2]. The predicted octanol–water partition coefficient (Wildman–Crippen LogP) is 4.12. The van der Waals surface area contributed by atoms with Crippen LogP contribution in [0.5, 0.6) is 0 Å². The molecular formula is C16H18Cr. The molecule has 0 saturated carbocycles. The van der Waals surface area contributed by atoms with E-state index in [9.17, 15) is 0 Å². The van der Waals surface area contributed by atoms with E-state index in [2.05, 4.69) is 38.1 Å². The summed E-state index contributed by atoms with van der Waals surface area (Å²) < 4.78 is 0. The van der Waals surface area contributed by atoms with Gasteiger partial charge in [0.05, 0.1) is 0 Å². The third-order valence-corrected chi connectivity index (χ3v) is 2.26. The molecule has 0 nitrogen and oxygen atoms in total. The smallest absolute Gasteiger partial charge is 0.339 e. The summed E-state index contributed by atoms with van der Waals surface area (Å²) in [5.74, 6) is 0. The second kappa shape index (κ2) is 10.1. The zero-order valence-corrected chi connectivity index (χ0v) is 11.3. The first kappa shape index (κ1) is 16.0. The molecule has 88 valence electrons. The second-order valence-corrected chi connectivity index (χ2v) is 3.47. The van der Waals surface area contributed by atoms with Crippen LogP contribution in [0.4, 0.5) is 0 Å². The monoisotopic (exact) mass is 262 g/mol. The zero-order chi connectivity index (χ0) is 11.6. The van der Waals surface area contributed by atoms with Gasteiger partial charge in [-0.15, -0.1) is 0 Å². The first-order valence-corrected chi connectivity index (χ1v) is 5.53. The maximum Gasteiger partial charge on any atom is 2.00 e. The van der Waals surface area contributed by atoms with Gasteiger partial charge in [-0.25, -0.2) is 0 Å². The van der Waals surface area contributed by atoms with Gasteiger partial charge in [0.2, 0.25) is 0 Å². The molecule has 2 aromatic rings. The van der Waals surface area contributed by atoms with Crippen molar-refractivity contribution >= 4 is 0 Å². The standard InChI is InChI=1S/2C8H9.Cr/c2*1-2-8-6-4-3-5-7-8;/h2*3-7H,1-2H2;/q2*-1;+2. The summed E-state index contributed by atoms with van der Waals surface area (Å²) >= 11 is 0. The van der Waals surface area contributed by atoms with Crippen LogP contribution in [0, 0.1) is 13.8 Å². The third kappa shape index (κ3) is 7.00. The van der Waals surface area contributed by atoms with Crippen LogP contribution in [0.2, 0.25) is 0 Å². The Morgan fingerprint density at radius 1 is 0.588 bits per heavy atom. The Morgan fingerprint density at radius 3 is 1.06 bits per heavy atom. The molecule has 0 aromatic heterocycles. The first-order chi connectivity index (χ1) is 7.86. The van der Waals surface area contributed by atoms with Gasteiger partial charge in [0, 0.05) is 0 Å². The molecule has 0 amide bonds. The molecule has 0 saturated heterocycles. The van der Waals surface area contributed by atoms with Gasteiger partial charge in [-0.3, -0.25) is 0 Å². The van der Waals surface area contributed by atoms with Crippen molar-refractivity contribution in [2.75, 3.05) is 0 Å². The number of benzene rings is 2. The first-order valence-electron chi connectivity index (χ1n) is 5.53. The van der Waals surface area contributed by atoms with Crippen LogP contribution in [0.3, 0.4) is 0 Å².